The van der Waals surface area contributed by atoms with Crippen molar-refractivity contribution in [2.75, 3.05) is 13.2 Å². The predicted molar refractivity (Wildman–Crippen MR) is 58.0 cm³/mol. The number of rotatable bonds is 7. The minimum atomic E-state index is -0.554. The molecule has 0 spiro atoms. The number of unbranched alkanes of at least 4 members (excludes halogenated alkanes) is 1. The van der Waals surface area contributed by atoms with Gasteiger partial charge in [0.15, 0.2) is 0 Å². The summed E-state index contributed by atoms with van der Waals surface area (Å²) in [7, 11) is 0. The molecule has 3 nitrogen and oxygen atoms in total. The van der Waals surface area contributed by atoms with E-state index in [0.29, 0.717) is 12.6 Å². The number of ether oxygens (including phenoxy) is 1. The highest BCUT2D eigenvalue weighted by atomic mass is 16.5. The van der Waals surface area contributed by atoms with Gasteiger partial charge in [0.25, 0.3) is 0 Å². The van der Waals surface area contributed by atoms with Crippen molar-refractivity contribution in [3.05, 3.63) is 0 Å². The molecule has 1 N–H and O–H groups in total. The lowest BCUT2D eigenvalue weighted by Gasteiger charge is -2.25. The molecule has 14 heavy (non-hydrogen) atoms. The molecule has 0 aromatic rings. The van der Waals surface area contributed by atoms with Crippen molar-refractivity contribution < 1.29 is 4.74 Å². The Bertz CT molecular complexity index is 186. The maximum absolute atomic E-state index is 9.00. The van der Waals surface area contributed by atoms with E-state index < -0.39 is 5.54 Å². The van der Waals surface area contributed by atoms with Gasteiger partial charge in [0.1, 0.15) is 5.54 Å². The Hall–Kier alpha value is -0.590. The topological polar surface area (TPSA) is 45.0 Å². The molecule has 0 aliphatic carbocycles. The first-order valence-corrected chi connectivity index (χ1v) is 5.30. The lowest BCUT2D eigenvalue weighted by molar-refractivity contribution is 0.0902. The second-order valence-electron chi connectivity index (χ2n) is 4.15. The van der Waals surface area contributed by atoms with E-state index >= 15 is 0 Å². The van der Waals surface area contributed by atoms with E-state index in [9.17, 15) is 0 Å². The molecule has 0 amide bonds. The molecule has 0 fully saturated rings. The van der Waals surface area contributed by atoms with E-state index in [-0.39, 0.29) is 0 Å². The number of hydrogen-bond donors (Lipinski definition) is 1. The highest BCUT2D eigenvalue weighted by Gasteiger charge is 2.24. The third-order valence-electron chi connectivity index (χ3n) is 1.89. The molecule has 1 atom stereocenters. The first-order valence-electron chi connectivity index (χ1n) is 5.30. The van der Waals surface area contributed by atoms with Crippen LogP contribution in [0.2, 0.25) is 0 Å². The summed E-state index contributed by atoms with van der Waals surface area (Å²) in [4.78, 5) is 0. The predicted octanol–water partition coefficient (Wildman–Crippen LogP) is 2.08. The monoisotopic (exact) mass is 198 g/mol. The summed E-state index contributed by atoms with van der Waals surface area (Å²) >= 11 is 0. The minimum Gasteiger partial charge on any atom is -0.378 e. The molecule has 0 aromatic carbocycles. The average Bonchev–Trinajstić information content (AvgIpc) is 2.11. The van der Waals surface area contributed by atoms with Crippen LogP contribution in [-0.4, -0.2) is 24.8 Å². The summed E-state index contributed by atoms with van der Waals surface area (Å²) in [5.74, 6) is 0. The Balaban J connectivity index is 3.83. The summed E-state index contributed by atoms with van der Waals surface area (Å²) < 4.78 is 5.45. The van der Waals surface area contributed by atoms with Crippen molar-refractivity contribution in [3.8, 4) is 6.07 Å². The van der Waals surface area contributed by atoms with E-state index in [2.05, 4.69) is 18.3 Å². The molecule has 82 valence electrons. The van der Waals surface area contributed by atoms with Gasteiger partial charge >= 0.3 is 0 Å². The highest BCUT2D eigenvalue weighted by Crippen LogP contribution is 2.05. The summed E-state index contributed by atoms with van der Waals surface area (Å²) in [6.07, 6.45) is 2.18. The normalized spacial score (nSPS) is 15.1. The second-order valence-corrected chi connectivity index (χ2v) is 4.15. The second kappa shape index (κ2) is 6.80. The van der Waals surface area contributed by atoms with Gasteiger partial charge in [-0.1, -0.05) is 13.3 Å². The fraction of sp³-hybridized carbons (Fsp3) is 0.909. The van der Waals surface area contributed by atoms with Crippen molar-refractivity contribution in [2.45, 2.75) is 52.1 Å². The standard InChI is InChI=1S/C11H22N2O/c1-5-6-7-14-9-11(4,8-12)13-10(2)3/h10,13H,5-7,9H2,1-4H3. The van der Waals surface area contributed by atoms with Gasteiger partial charge in [-0.3, -0.25) is 5.32 Å². The fourth-order valence-corrected chi connectivity index (χ4v) is 1.27. The van der Waals surface area contributed by atoms with Crippen molar-refractivity contribution in [1.29, 1.82) is 5.26 Å². The molecular weight excluding hydrogens is 176 g/mol. The molecule has 1 unspecified atom stereocenters. The SMILES string of the molecule is CCCCOCC(C)(C#N)NC(C)C. The van der Waals surface area contributed by atoms with Crippen LogP contribution < -0.4 is 5.32 Å². The highest BCUT2D eigenvalue weighted by molar-refractivity contribution is 5.04. The van der Waals surface area contributed by atoms with Gasteiger partial charge < -0.3 is 4.74 Å². The molecule has 0 bridgehead atoms. The lowest BCUT2D eigenvalue weighted by atomic mass is 10.1. The van der Waals surface area contributed by atoms with Crippen LogP contribution in [0.1, 0.15) is 40.5 Å². The van der Waals surface area contributed by atoms with Crippen molar-refractivity contribution in [3.63, 3.8) is 0 Å². The van der Waals surface area contributed by atoms with Crippen LogP contribution in [0, 0.1) is 11.3 Å². The Labute approximate surface area is 87.4 Å². The molecule has 0 aliphatic rings. The molecule has 0 saturated heterocycles. The van der Waals surface area contributed by atoms with E-state index in [1.165, 1.54) is 0 Å². The number of nitriles is 1. The van der Waals surface area contributed by atoms with Crippen LogP contribution in [-0.2, 0) is 4.74 Å². The van der Waals surface area contributed by atoms with Crippen LogP contribution in [0.25, 0.3) is 0 Å². The molecule has 0 aliphatic heterocycles. The van der Waals surface area contributed by atoms with Gasteiger partial charge in [-0.25, -0.2) is 0 Å². The zero-order valence-corrected chi connectivity index (χ0v) is 9.76. The van der Waals surface area contributed by atoms with Gasteiger partial charge in [0.2, 0.25) is 0 Å². The summed E-state index contributed by atoms with van der Waals surface area (Å²) in [6, 6.07) is 2.55. The van der Waals surface area contributed by atoms with Crippen molar-refractivity contribution in [1.82, 2.24) is 5.32 Å². The zero-order valence-electron chi connectivity index (χ0n) is 9.76. The van der Waals surface area contributed by atoms with Crippen molar-refractivity contribution >= 4 is 0 Å². The summed E-state index contributed by atoms with van der Waals surface area (Å²) in [5, 5.41) is 12.2. The molecule has 0 rings (SSSR count). The summed E-state index contributed by atoms with van der Waals surface area (Å²) in [6.45, 7) is 9.26. The third-order valence-corrected chi connectivity index (χ3v) is 1.89. The molecule has 0 radical (unpaired) electrons. The molecule has 0 aromatic heterocycles. The van der Waals surface area contributed by atoms with Crippen LogP contribution in [0.5, 0.6) is 0 Å². The quantitative estimate of drug-likeness (QED) is 0.637. The maximum atomic E-state index is 9.00. The Morgan fingerprint density at radius 3 is 2.57 bits per heavy atom. The van der Waals surface area contributed by atoms with Gasteiger partial charge in [0, 0.05) is 12.6 Å². The first-order chi connectivity index (χ1) is 6.54. The molecule has 0 saturated carbocycles. The van der Waals surface area contributed by atoms with Gasteiger partial charge in [-0.15, -0.1) is 0 Å². The zero-order chi connectivity index (χ0) is 11.0. The van der Waals surface area contributed by atoms with E-state index in [1.807, 2.05) is 20.8 Å². The Morgan fingerprint density at radius 2 is 2.14 bits per heavy atom. The fourth-order valence-electron chi connectivity index (χ4n) is 1.27. The van der Waals surface area contributed by atoms with Crippen molar-refractivity contribution in [2.24, 2.45) is 0 Å². The van der Waals surface area contributed by atoms with E-state index in [4.69, 9.17) is 10.00 Å². The van der Waals surface area contributed by atoms with Crippen LogP contribution in [0.3, 0.4) is 0 Å². The smallest absolute Gasteiger partial charge is 0.127 e. The summed E-state index contributed by atoms with van der Waals surface area (Å²) in [5.41, 5.74) is -0.554. The van der Waals surface area contributed by atoms with Crippen LogP contribution in [0.4, 0.5) is 0 Å². The minimum absolute atomic E-state index is 0.300. The van der Waals surface area contributed by atoms with E-state index in [0.717, 1.165) is 19.4 Å². The first kappa shape index (κ1) is 13.4. The number of hydrogen-bond acceptors (Lipinski definition) is 3. The average molecular weight is 198 g/mol. The third kappa shape index (κ3) is 5.95. The van der Waals surface area contributed by atoms with Crippen LogP contribution in [0.15, 0.2) is 0 Å². The number of nitrogens with zero attached hydrogens (tertiary/aromatic N) is 1. The Morgan fingerprint density at radius 1 is 1.50 bits per heavy atom. The molecule has 0 heterocycles. The van der Waals surface area contributed by atoms with Gasteiger partial charge in [-0.05, 0) is 27.2 Å². The largest absolute Gasteiger partial charge is 0.378 e. The van der Waals surface area contributed by atoms with Gasteiger partial charge in [0.05, 0.1) is 12.7 Å². The van der Waals surface area contributed by atoms with Crippen LogP contribution >= 0.6 is 0 Å². The molecule has 3 heteroatoms. The Kier molecular flexibility index (Phi) is 6.52. The maximum Gasteiger partial charge on any atom is 0.127 e. The lowest BCUT2D eigenvalue weighted by Crippen LogP contribution is -2.48. The number of nitrogens with one attached hydrogen (secondary N) is 1. The van der Waals surface area contributed by atoms with Gasteiger partial charge in [-0.2, -0.15) is 5.26 Å². The molecular formula is C11H22N2O. The van der Waals surface area contributed by atoms with E-state index in [1.54, 1.807) is 0 Å².